The molecule has 0 aromatic carbocycles. The van der Waals surface area contributed by atoms with Crippen LogP contribution < -0.4 is 5.73 Å². The monoisotopic (exact) mass is 208 g/mol. The molecule has 0 amide bonds. The van der Waals surface area contributed by atoms with Crippen LogP contribution in [0.1, 0.15) is 11.9 Å². The molecule has 0 fully saturated rings. The van der Waals surface area contributed by atoms with Crippen molar-refractivity contribution in [2.24, 2.45) is 5.73 Å². The zero-order valence-electron chi connectivity index (χ0n) is 7.97. The number of nitrogens with two attached hydrogens (primary N) is 1. The van der Waals surface area contributed by atoms with Crippen molar-refractivity contribution < 1.29 is 0 Å². The van der Waals surface area contributed by atoms with E-state index < -0.39 is 0 Å². The zero-order chi connectivity index (χ0) is 9.97. The van der Waals surface area contributed by atoms with Gasteiger partial charge in [-0.1, -0.05) is 0 Å². The molecule has 0 radical (unpaired) electrons. The van der Waals surface area contributed by atoms with Crippen molar-refractivity contribution in [2.45, 2.75) is 20.0 Å². The molecule has 74 valence electrons. The lowest BCUT2D eigenvalue weighted by Gasteiger charge is -1.91. The first-order valence-electron chi connectivity index (χ1n) is 4.51. The van der Waals surface area contributed by atoms with Crippen LogP contribution in [0.2, 0.25) is 0 Å². The lowest BCUT2D eigenvalue weighted by Crippen LogP contribution is -1.96. The molecule has 0 atom stereocenters. The molecule has 0 saturated carbocycles. The van der Waals surface area contributed by atoms with Gasteiger partial charge in [0.2, 0.25) is 0 Å². The summed E-state index contributed by atoms with van der Waals surface area (Å²) in [6, 6.07) is 1.97. The Morgan fingerprint density at radius 2 is 2.36 bits per heavy atom. The molecule has 5 heteroatoms. The van der Waals surface area contributed by atoms with Crippen molar-refractivity contribution in [3.63, 3.8) is 0 Å². The van der Waals surface area contributed by atoms with E-state index in [-0.39, 0.29) is 0 Å². The Morgan fingerprint density at radius 3 is 2.93 bits per heavy atom. The summed E-state index contributed by atoms with van der Waals surface area (Å²) >= 11 is 1.58. The minimum Gasteiger partial charge on any atom is -0.325 e. The van der Waals surface area contributed by atoms with Gasteiger partial charge in [-0.3, -0.25) is 4.68 Å². The van der Waals surface area contributed by atoms with Gasteiger partial charge in [0.15, 0.2) is 0 Å². The third-order valence-corrected chi connectivity index (χ3v) is 2.82. The Bertz CT molecular complexity index is 378. The molecule has 2 rings (SSSR count). The molecule has 0 spiro atoms. The average molecular weight is 208 g/mol. The minimum atomic E-state index is 0.499. The van der Waals surface area contributed by atoms with Gasteiger partial charge in [-0.15, -0.1) is 11.3 Å². The summed E-state index contributed by atoms with van der Waals surface area (Å²) in [6.07, 6.45) is 1.96. The average Bonchev–Trinajstić information content (AvgIpc) is 2.86. The molecule has 14 heavy (non-hydrogen) atoms. The number of aromatic nitrogens is 3. The summed E-state index contributed by atoms with van der Waals surface area (Å²) in [5.41, 5.74) is 7.33. The van der Waals surface area contributed by atoms with Gasteiger partial charge in [0.1, 0.15) is 16.4 Å². The molecule has 2 aromatic rings. The summed E-state index contributed by atoms with van der Waals surface area (Å²) in [4.78, 5) is 4.36. The van der Waals surface area contributed by atoms with E-state index in [1.807, 2.05) is 22.3 Å². The quantitative estimate of drug-likeness (QED) is 0.831. The number of thiazole rings is 1. The van der Waals surface area contributed by atoms with E-state index in [0.29, 0.717) is 6.54 Å². The zero-order valence-corrected chi connectivity index (χ0v) is 8.79. The van der Waals surface area contributed by atoms with E-state index in [4.69, 9.17) is 5.73 Å². The van der Waals surface area contributed by atoms with Gasteiger partial charge in [0, 0.05) is 24.7 Å². The van der Waals surface area contributed by atoms with Gasteiger partial charge in [-0.05, 0) is 13.0 Å². The molecular weight excluding hydrogens is 196 g/mol. The molecule has 0 unspecified atom stereocenters. The third-order valence-electron chi connectivity index (χ3n) is 1.95. The van der Waals surface area contributed by atoms with E-state index in [1.54, 1.807) is 11.3 Å². The van der Waals surface area contributed by atoms with Crippen LogP contribution in [-0.2, 0) is 13.1 Å². The summed E-state index contributed by atoms with van der Waals surface area (Å²) in [5, 5.41) is 7.31. The lowest BCUT2D eigenvalue weighted by atomic mass is 10.3. The van der Waals surface area contributed by atoms with Crippen molar-refractivity contribution >= 4 is 11.3 Å². The normalized spacial score (nSPS) is 10.7. The summed E-state index contributed by atoms with van der Waals surface area (Å²) in [5.74, 6) is 0. The van der Waals surface area contributed by atoms with E-state index in [0.717, 1.165) is 22.9 Å². The van der Waals surface area contributed by atoms with Crippen molar-refractivity contribution in [1.82, 2.24) is 14.8 Å². The van der Waals surface area contributed by atoms with Crippen LogP contribution >= 0.6 is 11.3 Å². The van der Waals surface area contributed by atoms with E-state index >= 15 is 0 Å². The number of hydrogen-bond donors (Lipinski definition) is 1. The van der Waals surface area contributed by atoms with Crippen molar-refractivity contribution in [2.75, 3.05) is 0 Å². The fourth-order valence-corrected chi connectivity index (χ4v) is 1.87. The molecule has 0 aliphatic carbocycles. The highest BCUT2D eigenvalue weighted by molar-refractivity contribution is 7.09. The maximum atomic E-state index is 5.49. The number of nitrogens with zero attached hydrogens (tertiary/aromatic N) is 3. The van der Waals surface area contributed by atoms with Crippen molar-refractivity contribution in [1.29, 1.82) is 0 Å². The number of rotatable bonds is 3. The molecule has 4 nitrogen and oxygen atoms in total. The molecule has 0 saturated heterocycles. The highest BCUT2D eigenvalue weighted by Crippen LogP contribution is 2.19. The lowest BCUT2D eigenvalue weighted by molar-refractivity contribution is 0.661. The second kappa shape index (κ2) is 3.89. The Morgan fingerprint density at radius 1 is 1.50 bits per heavy atom. The fraction of sp³-hybridized carbons (Fsp3) is 0.333. The Kier molecular flexibility index (Phi) is 2.60. The first kappa shape index (κ1) is 9.36. The van der Waals surface area contributed by atoms with Crippen LogP contribution in [0.3, 0.4) is 0 Å². The standard InChI is InChI=1S/C9H12N4S/c1-2-13-4-3-7(12-13)8-6-14-9(5-10)11-8/h3-4,6H,2,5,10H2,1H3. The van der Waals surface area contributed by atoms with Crippen LogP contribution in [0.15, 0.2) is 17.6 Å². The maximum Gasteiger partial charge on any atom is 0.112 e. The summed E-state index contributed by atoms with van der Waals surface area (Å²) < 4.78 is 1.89. The Hall–Kier alpha value is -1.20. The van der Waals surface area contributed by atoms with Gasteiger partial charge >= 0.3 is 0 Å². The van der Waals surface area contributed by atoms with Gasteiger partial charge in [0.05, 0.1) is 0 Å². The SMILES string of the molecule is CCn1ccc(-c2csc(CN)n2)n1. The smallest absolute Gasteiger partial charge is 0.112 e. The third kappa shape index (κ3) is 1.69. The number of hydrogen-bond acceptors (Lipinski definition) is 4. The van der Waals surface area contributed by atoms with Crippen molar-refractivity contribution in [3.8, 4) is 11.4 Å². The van der Waals surface area contributed by atoms with Gasteiger partial charge in [0.25, 0.3) is 0 Å². The molecule has 0 aliphatic heterocycles. The van der Waals surface area contributed by atoms with Gasteiger partial charge in [-0.25, -0.2) is 4.98 Å². The highest BCUT2D eigenvalue weighted by atomic mass is 32.1. The topological polar surface area (TPSA) is 56.7 Å². The molecular formula is C9H12N4S. The number of aryl methyl sites for hydroxylation is 1. The minimum absolute atomic E-state index is 0.499. The van der Waals surface area contributed by atoms with E-state index in [9.17, 15) is 0 Å². The van der Waals surface area contributed by atoms with Crippen molar-refractivity contribution in [3.05, 3.63) is 22.7 Å². The second-order valence-corrected chi connectivity index (χ2v) is 3.83. The van der Waals surface area contributed by atoms with E-state index in [2.05, 4.69) is 17.0 Å². The molecule has 2 N–H and O–H groups in total. The Labute approximate surface area is 86.4 Å². The molecule has 0 bridgehead atoms. The van der Waals surface area contributed by atoms with Gasteiger partial charge < -0.3 is 5.73 Å². The Balaban J connectivity index is 2.29. The van der Waals surface area contributed by atoms with E-state index in [1.165, 1.54) is 0 Å². The summed E-state index contributed by atoms with van der Waals surface area (Å²) in [6.45, 7) is 3.44. The van der Waals surface area contributed by atoms with Crippen LogP contribution in [-0.4, -0.2) is 14.8 Å². The highest BCUT2D eigenvalue weighted by Gasteiger charge is 2.05. The first-order valence-corrected chi connectivity index (χ1v) is 5.39. The van der Waals surface area contributed by atoms with Crippen LogP contribution in [0.4, 0.5) is 0 Å². The molecule has 2 heterocycles. The first-order chi connectivity index (χ1) is 6.83. The predicted octanol–water partition coefficient (Wildman–Crippen LogP) is 1.49. The second-order valence-electron chi connectivity index (χ2n) is 2.89. The maximum absolute atomic E-state index is 5.49. The molecule has 0 aliphatic rings. The largest absolute Gasteiger partial charge is 0.325 e. The summed E-state index contributed by atoms with van der Waals surface area (Å²) in [7, 11) is 0. The molecule has 2 aromatic heterocycles. The fourth-order valence-electron chi connectivity index (χ4n) is 1.20. The predicted molar refractivity (Wildman–Crippen MR) is 56.9 cm³/mol. The van der Waals surface area contributed by atoms with Gasteiger partial charge in [-0.2, -0.15) is 5.10 Å². The van der Waals surface area contributed by atoms with Crippen LogP contribution in [0.5, 0.6) is 0 Å². The van der Waals surface area contributed by atoms with Crippen LogP contribution in [0.25, 0.3) is 11.4 Å². The van der Waals surface area contributed by atoms with Crippen LogP contribution in [0, 0.1) is 0 Å².